The van der Waals surface area contributed by atoms with Gasteiger partial charge in [0.15, 0.2) is 0 Å². The van der Waals surface area contributed by atoms with E-state index >= 15 is 0 Å². The van der Waals surface area contributed by atoms with Gasteiger partial charge in [0.25, 0.3) is 0 Å². The molecule has 2 nitrogen and oxygen atoms in total. The quantitative estimate of drug-likeness (QED) is 0.154. The van der Waals surface area contributed by atoms with Gasteiger partial charge in [-0.3, -0.25) is 0 Å². The van der Waals surface area contributed by atoms with Crippen molar-refractivity contribution in [2.24, 2.45) is 105 Å². The Balaban J connectivity index is 1.00. The number of fused-ring (bicyclic) bond motifs is 10. The van der Waals surface area contributed by atoms with Crippen molar-refractivity contribution >= 4 is 23.2 Å². The second kappa shape index (κ2) is 20.1. The lowest BCUT2D eigenvalue weighted by molar-refractivity contribution is -0.115. The van der Waals surface area contributed by atoms with Crippen molar-refractivity contribution in [2.75, 3.05) is 0 Å². The molecule has 1 aromatic carbocycles. The summed E-state index contributed by atoms with van der Waals surface area (Å²) in [7, 11) is 0. The highest BCUT2D eigenvalue weighted by Gasteiger charge is 2.65. The molecule has 66 heavy (non-hydrogen) atoms. The van der Waals surface area contributed by atoms with E-state index in [1.807, 2.05) is 0 Å². The molecule has 4 heteroatoms. The molecule has 8 aliphatic carbocycles. The molecule has 0 radical (unpaired) electrons. The van der Waals surface area contributed by atoms with Crippen LogP contribution in [0.3, 0.4) is 0 Å². The first-order chi connectivity index (χ1) is 31.5. The van der Waals surface area contributed by atoms with Crippen LogP contribution in [0.4, 0.5) is 0 Å². The fourth-order valence-corrected chi connectivity index (χ4v) is 20.8. The van der Waals surface area contributed by atoms with Crippen molar-refractivity contribution in [3.63, 3.8) is 0 Å². The van der Waals surface area contributed by atoms with Gasteiger partial charge in [0, 0.05) is 23.0 Å². The number of hydrogen-bond acceptors (Lipinski definition) is 2. The second-order valence-corrected chi connectivity index (χ2v) is 28.2. The lowest BCUT2D eigenvalue weighted by Crippen LogP contribution is -2.53. The summed E-state index contributed by atoms with van der Waals surface area (Å²) in [6.07, 6.45) is 33.9. The van der Waals surface area contributed by atoms with Crippen LogP contribution in [-0.2, 0) is 11.8 Å². The molecule has 8 saturated carbocycles. The largest absolute Gasteiger partial charge is 0.490 e. The fourth-order valence-electron chi connectivity index (χ4n) is 20.4. The Kier molecular flexibility index (Phi) is 15.4. The number of hydrogen-bond donors (Lipinski definition) is 0. The van der Waals surface area contributed by atoms with E-state index in [0.717, 1.165) is 81.8 Å². The molecule has 0 aliphatic heterocycles. The molecule has 0 spiro atoms. The molecule has 0 N–H and O–H groups in total. The van der Waals surface area contributed by atoms with Crippen LogP contribution in [-0.4, -0.2) is 12.2 Å². The van der Waals surface area contributed by atoms with Crippen molar-refractivity contribution in [1.82, 2.24) is 0 Å². The number of halogens is 2. The second-order valence-electron chi connectivity index (χ2n) is 27.7. The van der Waals surface area contributed by atoms with Crippen LogP contribution >= 0.6 is 23.2 Å². The molecule has 8 aliphatic rings. The van der Waals surface area contributed by atoms with Crippen molar-refractivity contribution < 1.29 is 9.47 Å². The molecule has 0 amide bonds. The first-order valence-electron chi connectivity index (χ1n) is 29.2. The lowest BCUT2D eigenvalue weighted by atomic mass is 9.44. The summed E-state index contributed by atoms with van der Waals surface area (Å²) < 4.78 is 15.2. The Bertz CT molecular complexity index is 1660. The highest BCUT2D eigenvalue weighted by Crippen LogP contribution is 2.71. The first kappa shape index (κ1) is 50.3. The molecule has 9 rings (SSSR count). The summed E-state index contributed by atoms with van der Waals surface area (Å²) in [5.41, 5.74) is 3.95. The third-order valence-electron chi connectivity index (χ3n) is 23.5. The van der Waals surface area contributed by atoms with E-state index in [-0.39, 0.29) is 12.2 Å². The minimum Gasteiger partial charge on any atom is -0.490 e. The number of ether oxygens (including phenoxy) is 2. The van der Waals surface area contributed by atoms with E-state index in [1.54, 1.807) is 0 Å². The standard InChI is InChI=1S/C62H100Cl2O2/c1-39(2)17-15-19-41(5)57-55(35-51-47-25-23-45-21-11-13-29-59(45,7)49(47)27-31-61(51,57)9)65-53-33-44(38-64)54(34-43(53)37-63)66-56-36-52-48-26-24-46-22-12-14-30-60(46,8)50(48)28-32-62(52,10)58(56)42(6)20-16-18-40(3)4/h33-34,39-42,45-52,55-58H,11-32,35-38H2,1-10H3/t41-,42-,45?,46?,47-,48-,49+,50+,51+,52+,55?,56?,57+,58+,59+,60+,61+,62+/m1/s1. The molecule has 1 aromatic rings. The normalized spacial score (nSPS) is 43.8. The lowest BCUT2D eigenvalue weighted by Gasteiger charge is -2.60. The van der Waals surface area contributed by atoms with Gasteiger partial charge in [-0.25, -0.2) is 0 Å². The topological polar surface area (TPSA) is 18.5 Å². The predicted molar refractivity (Wildman–Crippen MR) is 281 cm³/mol. The van der Waals surface area contributed by atoms with Gasteiger partial charge in [-0.1, -0.05) is 133 Å². The van der Waals surface area contributed by atoms with Gasteiger partial charge in [-0.2, -0.15) is 0 Å². The molecule has 0 aromatic heterocycles. The van der Waals surface area contributed by atoms with E-state index in [2.05, 4.69) is 81.4 Å². The van der Waals surface area contributed by atoms with Gasteiger partial charge >= 0.3 is 0 Å². The molecule has 18 atom stereocenters. The Morgan fingerprint density at radius 1 is 0.485 bits per heavy atom. The molecule has 374 valence electrons. The average Bonchev–Trinajstić information content (AvgIpc) is 3.75. The highest BCUT2D eigenvalue weighted by atomic mass is 35.5. The van der Waals surface area contributed by atoms with Crippen LogP contribution in [0.15, 0.2) is 12.1 Å². The maximum Gasteiger partial charge on any atom is 0.124 e. The van der Waals surface area contributed by atoms with Gasteiger partial charge in [0.05, 0.1) is 11.8 Å². The molecule has 0 saturated heterocycles. The zero-order valence-electron chi connectivity index (χ0n) is 44.3. The summed E-state index contributed by atoms with van der Waals surface area (Å²) in [6, 6.07) is 4.63. The predicted octanol–water partition coefficient (Wildman–Crippen LogP) is 18.9. The van der Waals surface area contributed by atoms with Gasteiger partial charge in [0.2, 0.25) is 0 Å². The summed E-state index contributed by atoms with van der Waals surface area (Å²) in [5.74, 6) is 13.6. The van der Waals surface area contributed by atoms with Crippen molar-refractivity contribution in [1.29, 1.82) is 0 Å². The highest BCUT2D eigenvalue weighted by molar-refractivity contribution is 6.18. The molecule has 0 bridgehead atoms. The van der Waals surface area contributed by atoms with Crippen molar-refractivity contribution in [2.45, 2.75) is 247 Å². The molecule has 4 unspecified atom stereocenters. The van der Waals surface area contributed by atoms with Crippen LogP contribution in [0.25, 0.3) is 0 Å². The van der Waals surface area contributed by atoms with Gasteiger partial charge < -0.3 is 9.47 Å². The van der Waals surface area contributed by atoms with Gasteiger partial charge in [0.1, 0.15) is 23.7 Å². The van der Waals surface area contributed by atoms with Crippen LogP contribution in [0, 0.1) is 105 Å². The maximum absolute atomic E-state index is 7.62. The summed E-state index contributed by atoms with van der Waals surface area (Å²) in [6.45, 7) is 25.8. The van der Waals surface area contributed by atoms with E-state index in [9.17, 15) is 0 Å². The van der Waals surface area contributed by atoms with Crippen LogP contribution < -0.4 is 9.47 Å². The van der Waals surface area contributed by atoms with Crippen LogP contribution in [0.5, 0.6) is 11.5 Å². The minimum absolute atomic E-state index is 0.213. The first-order valence-corrected chi connectivity index (χ1v) is 30.2. The Morgan fingerprint density at radius 3 is 1.27 bits per heavy atom. The Morgan fingerprint density at radius 2 is 0.894 bits per heavy atom. The number of rotatable bonds is 16. The van der Waals surface area contributed by atoms with E-state index in [0.29, 0.717) is 57.1 Å². The summed E-state index contributed by atoms with van der Waals surface area (Å²) in [4.78, 5) is 0. The summed E-state index contributed by atoms with van der Waals surface area (Å²) >= 11 is 14.2. The monoisotopic (exact) mass is 947 g/mol. The zero-order chi connectivity index (χ0) is 46.8. The van der Waals surface area contributed by atoms with Crippen molar-refractivity contribution in [3.05, 3.63) is 23.3 Å². The van der Waals surface area contributed by atoms with E-state index < -0.39 is 0 Å². The van der Waals surface area contributed by atoms with Gasteiger partial charge in [-0.05, 0) is 195 Å². The Hall–Kier alpha value is -0.600. The summed E-state index contributed by atoms with van der Waals surface area (Å²) in [5, 5.41) is 0. The van der Waals surface area contributed by atoms with Crippen LogP contribution in [0.1, 0.15) is 234 Å². The van der Waals surface area contributed by atoms with Crippen LogP contribution in [0.2, 0.25) is 0 Å². The third kappa shape index (κ3) is 9.02. The zero-order valence-corrected chi connectivity index (χ0v) is 45.9. The van der Waals surface area contributed by atoms with Gasteiger partial charge in [-0.15, -0.1) is 23.2 Å². The smallest absolute Gasteiger partial charge is 0.124 e. The maximum atomic E-state index is 7.62. The molecule has 0 heterocycles. The SMILES string of the molecule is CC(C)CCC[C@@H](C)[C@H]1C(Oc2cc(CCl)c(OC3C[C@H]4[C@@H]5CCC6CCCC[C@]6(C)[C@H]5CC[C@]4(C)[C@H]3[C@H](C)CCCC(C)C)cc2CCl)C[C@H]2[C@@H]3CCC4CCCC[C@]4(C)[C@H]3CC[C@]12C. The number of alkyl halides is 2. The van der Waals surface area contributed by atoms with E-state index in [1.165, 1.54) is 154 Å². The van der Waals surface area contributed by atoms with Crippen molar-refractivity contribution in [3.8, 4) is 11.5 Å². The minimum atomic E-state index is 0.213. The average molecular weight is 948 g/mol. The molecular formula is C62H100Cl2O2. The van der Waals surface area contributed by atoms with E-state index in [4.69, 9.17) is 32.7 Å². The molecule has 8 fully saturated rings. The third-order valence-corrected chi connectivity index (χ3v) is 24.1. The molecular weight excluding hydrogens is 848 g/mol. The fraction of sp³-hybridized carbons (Fsp3) is 0.903. The number of benzene rings is 1. The Labute approximate surface area is 417 Å².